The second-order valence-corrected chi connectivity index (χ2v) is 12.6. The van der Waals surface area contributed by atoms with E-state index in [0.29, 0.717) is 29.2 Å². The molecular weight excluding hydrogens is 569 g/mol. The average Bonchev–Trinajstić information content (AvgIpc) is 2.93. The Morgan fingerprint density at radius 1 is 1.12 bits per heavy atom. The number of sulfone groups is 1. The fourth-order valence-corrected chi connectivity index (χ4v) is 5.93. The summed E-state index contributed by atoms with van der Waals surface area (Å²) in [6.07, 6.45) is -3.18. The number of aliphatic hydroxyl groups excluding tert-OH is 1. The van der Waals surface area contributed by atoms with Crippen LogP contribution in [-0.2, 0) is 9.84 Å². The van der Waals surface area contributed by atoms with Gasteiger partial charge in [-0.25, -0.2) is 13.4 Å². The number of fused-ring (bicyclic) bond motifs is 1. The molecule has 0 saturated heterocycles. The maximum atomic E-state index is 13.0. The molecule has 0 bridgehead atoms. The zero-order valence-electron chi connectivity index (χ0n) is 21.7. The Balaban J connectivity index is 1.45. The predicted octanol–water partition coefficient (Wildman–Crippen LogP) is 5.89. The van der Waals surface area contributed by atoms with Crippen LogP contribution in [0.5, 0.6) is 5.88 Å². The molecule has 1 heterocycles. The number of nitrogens with one attached hydrogen (secondary N) is 1. The van der Waals surface area contributed by atoms with Gasteiger partial charge in [0, 0.05) is 10.9 Å². The van der Waals surface area contributed by atoms with Gasteiger partial charge in [0.1, 0.15) is 5.15 Å². The van der Waals surface area contributed by atoms with Gasteiger partial charge in [-0.15, -0.1) is 0 Å². The largest absolute Gasteiger partial charge is 0.477 e. The summed E-state index contributed by atoms with van der Waals surface area (Å²) in [5.41, 5.74) is 0.828. The number of aromatic nitrogens is 1. The normalized spacial score (nSPS) is 18.9. The lowest BCUT2D eigenvalue weighted by Gasteiger charge is -2.29. The maximum absolute atomic E-state index is 13.0. The van der Waals surface area contributed by atoms with Crippen molar-refractivity contribution >= 4 is 38.1 Å². The highest BCUT2D eigenvalue weighted by Gasteiger charge is 2.41. The van der Waals surface area contributed by atoms with Crippen LogP contribution < -0.4 is 10.1 Å². The molecule has 2 aromatic carbocycles. The Morgan fingerprint density at radius 2 is 1.80 bits per heavy atom. The highest BCUT2D eigenvalue weighted by molar-refractivity contribution is 7.91. The summed E-state index contributed by atoms with van der Waals surface area (Å²) >= 11 is 6.20. The molecule has 0 radical (unpaired) electrons. The van der Waals surface area contributed by atoms with Gasteiger partial charge in [0.2, 0.25) is 5.88 Å². The van der Waals surface area contributed by atoms with Crippen molar-refractivity contribution in [3.8, 4) is 5.88 Å². The molecule has 1 fully saturated rings. The van der Waals surface area contributed by atoms with E-state index in [1.54, 1.807) is 43.3 Å². The van der Waals surface area contributed by atoms with Crippen LogP contribution in [0.25, 0.3) is 10.8 Å². The molecule has 1 amide bonds. The Kier molecular flexibility index (Phi) is 9.26. The Hall–Kier alpha value is -2.89. The van der Waals surface area contributed by atoms with Crippen LogP contribution in [0.4, 0.5) is 13.2 Å². The second kappa shape index (κ2) is 12.3. The molecule has 1 aliphatic rings. The number of benzene rings is 2. The Bertz CT molecular complexity index is 1460. The van der Waals surface area contributed by atoms with E-state index < -0.39 is 40.5 Å². The van der Waals surface area contributed by atoms with Crippen molar-refractivity contribution in [1.82, 2.24) is 10.3 Å². The summed E-state index contributed by atoms with van der Waals surface area (Å²) in [4.78, 5) is 17.4. The number of halogens is 4. The van der Waals surface area contributed by atoms with Gasteiger partial charge in [-0.05, 0) is 78.9 Å². The molecule has 0 unspecified atom stereocenters. The van der Waals surface area contributed by atoms with Gasteiger partial charge < -0.3 is 15.2 Å². The number of rotatable bonds is 9. The third-order valence-electron chi connectivity index (χ3n) is 7.30. The lowest BCUT2D eigenvalue weighted by molar-refractivity contribution is -0.184. The lowest BCUT2D eigenvalue weighted by Crippen LogP contribution is -2.30. The van der Waals surface area contributed by atoms with Crippen LogP contribution in [0.1, 0.15) is 54.6 Å². The van der Waals surface area contributed by atoms with Gasteiger partial charge in [-0.2, -0.15) is 13.2 Å². The van der Waals surface area contributed by atoms with Crippen molar-refractivity contribution in [2.24, 2.45) is 11.8 Å². The predicted molar refractivity (Wildman–Crippen MR) is 145 cm³/mol. The summed E-state index contributed by atoms with van der Waals surface area (Å²) in [5.74, 6) is -1.55. The average molecular weight is 599 g/mol. The zero-order chi connectivity index (χ0) is 29.1. The monoisotopic (exact) mass is 598 g/mol. The molecule has 0 spiro atoms. The molecule has 3 aromatic rings. The summed E-state index contributed by atoms with van der Waals surface area (Å²) in [6, 6.07) is 11.6. The summed E-state index contributed by atoms with van der Waals surface area (Å²) in [5, 5.41) is 13.9. The van der Waals surface area contributed by atoms with E-state index >= 15 is 0 Å². The fourth-order valence-electron chi connectivity index (χ4n) is 4.85. The highest BCUT2D eigenvalue weighted by Crippen LogP contribution is 2.40. The smallest absolute Gasteiger partial charge is 0.391 e. The summed E-state index contributed by atoms with van der Waals surface area (Å²) in [7, 11) is -3.38. The van der Waals surface area contributed by atoms with E-state index in [1.165, 1.54) is 12.1 Å². The molecule has 12 heteroatoms. The first-order valence-corrected chi connectivity index (χ1v) is 15.0. The van der Waals surface area contributed by atoms with Gasteiger partial charge in [0.15, 0.2) is 9.84 Å². The molecule has 1 aromatic heterocycles. The summed E-state index contributed by atoms with van der Waals surface area (Å²) in [6.45, 7) is 1.36. The van der Waals surface area contributed by atoms with Crippen molar-refractivity contribution in [2.75, 3.05) is 19.0 Å². The van der Waals surface area contributed by atoms with Crippen molar-refractivity contribution in [3.05, 3.63) is 64.8 Å². The van der Waals surface area contributed by atoms with Gasteiger partial charge in [0.05, 0.1) is 35.8 Å². The molecule has 0 aliphatic heterocycles. The SMILES string of the molecule is CCS(=O)(=O)c1ccc([C@H](CO)NC(=O)c2ccc3c(OC[C@H]4CC[C@H](C(F)(F)F)CC4)nc(Cl)cc3c2)cc1. The number of ether oxygens (including phenoxy) is 1. The van der Waals surface area contributed by atoms with Crippen molar-refractivity contribution in [2.45, 2.75) is 49.7 Å². The van der Waals surface area contributed by atoms with Crippen LogP contribution in [0, 0.1) is 11.8 Å². The van der Waals surface area contributed by atoms with Crippen LogP contribution in [0.15, 0.2) is 53.4 Å². The van der Waals surface area contributed by atoms with Crippen molar-refractivity contribution in [1.29, 1.82) is 0 Å². The molecule has 2 N–H and O–H groups in total. The van der Waals surface area contributed by atoms with Crippen molar-refractivity contribution < 1.29 is 36.2 Å². The van der Waals surface area contributed by atoms with Gasteiger partial charge >= 0.3 is 6.18 Å². The van der Waals surface area contributed by atoms with E-state index in [9.17, 15) is 31.5 Å². The molecule has 40 heavy (non-hydrogen) atoms. The summed E-state index contributed by atoms with van der Waals surface area (Å²) < 4.78 is 68.9. The first-order chi connectivity index (χ1) is 18.9. The lowest BCUT2D eigenvalue weighted by atomic mass is 9.82. The maximum Gasteiger partial charge on any atom is 0.391 e. The number of pyridine rings is 1. The molecule has 7 nitrogen and oxygen atoms in total. The van der Waals surface area contributed by atoms with Crippen LogP contribution in [0.3, 0.4) is 0 Å². The third kappa shape index (κ3) is 7.05. The number of hydrogen-bond acceptors (Lipinski definition) is 6. The second-order valence-electron chi connectivity index (χ2n) is 9.94. The molecule has 4 rings (SSSR count). The van der Waals surface area contributed by atoms with Crippen LogP contribution >= 0.6 is 11.6 Å². The van der Waals surface area contributed by atoms with Crippen LogP contribution in [0.2, 0.25) is 5.15 Å². The number of aliphatic hydroxyl groups is 1. The molecule has 1 aliphatic carbocycles. The minimum Gasteiger partial charge on any atom is -0.477 e. The number of carbonyl (C=O) groups excluding carboxylic acids is 1. The number of carbonyl (C=O) groups is 1. The zero-order valence-corrected chi connectivity index (χ0v) is 23.3. The molecule has 216 valence electrons. The first-order valence-electron chi connectivity index (χ1n) is 13.0. The van der Waals surface area contributed by atoms with E-state index in [4.69, 9.17) is 16.3 Å². The molecule has 1 atom stereocenters. The quantitative estimate of drug-likeness (QED) is 0.298. The Labute approximate surface area is 235 Å². The van der Waals surface area contributed by atoms with E-state index in [0.717, 1.165) is 0 Å². The van der Waals surface area contributed by atoms with Gasteiger partial charge in [-0.1, -0.05) is 30.7 Å². The number of nitrogens with zero attached hydrogens (tertiary/aromatic N) is 1. The number of hydrogen-bond donors (Lipinski definition) is 2. The van der Waals surface area contributed by atoms with E-state index in [2.05, 4.69) is 10.3 Å². The first kappa shape index (κ1) is 30.1. The number of alkyl halides is 3. The number of amides is 1. The minimum atomic E-state index is -4.17. The minimum absolute atomic E-state index is 0.0222. The van der Waals surface area contributed by atoms with Crippen molar-refractivity contribution in [3.63, 3.8) is 0 Å². The third-order valence-corrected chi connectivity index (χ3v) is 9.25. The topological polar surface area (TPSA) is 106 Å². The molecule has 1 saturated carbocycles. The Morgan fingerprint density at radius 3 is 2.40 bits per heavy atom. The fraction of sp³-hybridized carbons (Fsp3) is 0.429. The van der Waals surface area contributed by atoms with Gasteiger partial charge in [-0.3, -0.25) is 4.79 Å². The van der Waals surface area contributed by atoms with E-state index in [-0.39, 0.29) is 52.6 Å². The molecular formula is C28H30ClF3N2O5S. The van der Waals surface area contributed by atoms with E-state index in [1.807, 2.05) is 0 Å². The standard InChI is InChI=1S/C28H30ClF3N2O5S/c1-2-40(37,38)22-10-5-18(6-11-22)24(15-35)33-26(36)19-7-12-23-20(13-19)14-25(29)34-27(23)39-16-17-3-8-21(9-4-17)28(30,31)32/h5-7,10-14,17,21,24,35H,2-4,8-9,15-16H2,1H3,(H,33,36)/t17-,21-,24-/m0/s1. The van der Waals surface area contributed by atoms with Gasteiger partial charge in [0.25, 0.3) is 5.91 Å². The van der Waals surface area contributed by atoms with Crippen LogP contribution in [-0.4, -0.2) is 49.6 Å². The highest BCUT2D eigenvalue weighted by atomic mass is 35.5.